The van der Waals surface area contributed by atoms with Crippen molar-refractivity contribution in [3.63, 3.8) is 0 Å². The Hall–Kier alpha value is 2.80. The van der Waals surface area contributed by atoms with Crippen LogP contribution in [0, 0.1) is 0 Å². The molecule has 0 aromatic heterocycles. The summed E-state index contributed by atoms with van der Waals surface area (Å²) in [4.78, 5) is 53.2. The van der Waals surface area contributed by atoms with Crippen molar-refractivity contribution < 1.29 is 64.8 Å². The van der Waals surface area contributed by atoms with E-state index < -0.39 is 20.8 Å². The smallest absolute Gasteiger partial charge is 0.799 e. The maximum atomic E-state index is 8.87. The molecule has 0 rings (SSSR count). The molecule has 0 atom stereocenters. The van der Waals surface area contributed by atoms with Gasteiger partial charge in [-0.1, -0.05) is 33.7 Å². The van der Waals surface area contributed by atoms with Gasteiger partial charge < -0.3 is 43.1 Å². The molecule has 0 amide bonds. The number of hydrogen-bond acceptors (Lipinski definition) is 9. The average Bonchev–Trinajstić information content (AvgIpc) is 1.41. The van der Waals surface area contributed by atoms with Gasteiger partial charge in [0, 0.05) is 20.8 Å². The molecule has 9 nitrogen and oxygen atoms in total. The van der Waals surface area contributed by atoms with E-state index in [2.05, 4.69) is 33.7 Å². The molecule has 17 heavy (non-hydrogen) atoms. The summed E-state index contributed by atoms with van der Waals surface area (Å²) in [6.45, 7) is -14.0. The largest absolute Gasteiger partial charge is 4.00 e. The Morgan fingerprint density at radius 3 is 0.588 bits per heavy atom. The third-order valence-corrected chi connectivity index (χ3v) is 0. The maximum Gasteiger partial charge on any atom is 4.00 e. The van der Waals surface area contributed by atoms with Crippen molar-refractivity contribution in [1.82, 2.24) is 0 Å². The minimum Gasteiger partial charge on any atom is -0.799 e. The Labute approximate surface area is 141 Å². The molecule has 0 heterocycles. The van der Waals surface area contributed by atoms with Gasteiger partial charge in [-0.05, 0) is 0 Å². The van der Waals surface area contributed by atoms with E-state index in [1.165, 1.54) is 0 Å². The van der Waals surface area contributed by atoms with Crippen molar-refractivity contribution in [1.29, 1.82) is 0 Å². The normalized spacial score (nSPS) is 10.4. The minimum atomic E-state index is -4.67. The first-order chi connectivity index (χ1) is 6.00. The molecule has 0 aromatic rings. The third-order valence-electron chi connectivity index (χ3n) is 0. The summed E-state index contributed by atoms with van der Waals surface area (Å²) in [5, 5.41) is 0. The number of halogens is 3. The van der Waals surface area contributed by atoms with Crippen LogP contribution in [0.25, 0.3) is 0 Å². The zero-order valence-corrected chi connectivity index (χ0v) is 15.3. The zero-order valence-electron chi connectivity index (χ0n) is 7.36. The van der Waals surface area contributed by atoms with E-state index >= 15 is 0 Å². The van der Waals surface area contributed by atoms with Gasteiger partial charge in [-0.3, -0.25) is 0 Å². The molecule has 0 radical (unpaired) electrons. The van der Waals surface area contributed by atoms with Gasteiger partial charge in [0.05, 0.1) is 0 Å². The molecule has 0 aliphatic carbocycles. The van der Waals surface area contributed by atoms with Crippen molar-refractivity contribution in [2.45, 2.75) is 0 Å². The van der Waals surface area contributed by atoms with E-state index in [4.69, 9.17) is 43.1 Å². The summed E-state index contributed by atoms with van der Waals surface area (Å²) in [5.41, 5.74) is 0. The van der Waals surface area contributed by atoms with E-state index in [0.717, 1.165) is 0 Å². The number of hydrogen-bond donors (Lipinski definition) is 0. The first-order valence-corrected chi connectivity index (χ1v) is 9.49. The summed E-state index contributed by atoms with van der Waals surface area (Å²) in [6.07, 6.45) is 0. The summed E-state index contributed by atoms with van der Waals surface area (Å²) in [5.74, 6) is 0. The van der Waals surface area contributed by atoms with Gasteiger partial charge in [-0.25, -0.2) is 0 Å². The quantitative estimate of drug-likeness (QED) is 0.289. The molecule has 0 N–H and O–H groups in total. The predicted octanol–water partition coefficient (Wildman–Crippen LogP) is -3.22. The summed E-state index contributed by atoms with van der Waals surface area (Å²) in [6, 6.07) is 0. The Morgan fingerprint density at radius 1 is 0.588 bits per heavy atom. The molecule has 0 saturated heterocycles. The molecular weight excluding hydrogens is 415 g/mol. The van der Waals surface area contributed by atoms with E-state index in [1.807, 2.05) is 0 Å². The topological polar surface area (TPSA) is 190 Å². The first-order valence-electron chi connectivity index (χ1n) is 2.15. The third kappa shape index (κ3) is 677. The Morgan fingerprint density at radius 2 is 0.588 bits per heavy atom. The SMILES string of the molecule is O=P([O-])([O-])Cl.O=P([O-])([O-])Cl.O=P([O-])([O-])Cl.[Mg+2].[Ti+4]. The van der Waals surface area contributed by atoms with Gasteiger partial charge in [-0.2, -0.15) is 0 Å². The van der Waals surface area contributed by atoms with E-state index in [0.29, 0.717) is 0 Å². The van der Waals surface area contributed by atoms with Crippen molar-refractivity contribution in [3.05, 3.63) is 0 Å². The minimum absolute atomic E-state index is 0. The van der Waals surface area contributed by atoms with Crippen molar-refractivity contribution >= 4 is 77.6 Å². The molecule has 96 valence electrons. The standard InChI is InChI=1S/3ClH2O3P.Mg.Ti/c3*1-5(2,3)4;;/h3*(H2,2,3,4);;/q;;;+2;+4/p-6. The van der Waals surface area contributed by atoms with Crippen molar-refractivity contribution in [2.24, 2.45) is 0 Å². The maximum absolute atomic E-state index is 8.87. The predicted molar refractivity (Wildman–Crippen MR) is 46.1 cm³/mol. The first kappa shape index (κ1) is 31.9. The van der Waals surface area contributed by atoms with Gasteiger partial charge >= 0.3 is 44.8 Å². The monoisotopic (exact) mass is 414 g/mol. The molecular formula is Cl3MgO9P3Ti. The van der Waals surface area contributed by atoms with Crippen LogP contribution in [0.4, 0.5) is 0 Å². The van der Waals surface area contributed by atoms with E-state index in [1.54, 1.807) is 0 Å². The average molecular weight is 415 g/mol. The van der Waals surface area contributed by atoms with Gasteiger partial charge in [0.15, 0.2) is 0 Å². The van der Waals surface area contributed by atoms with Crippen LogP contribution < -0.4 is 29.4 Å². The molecule has 0 aliphatic rings. The fourth-order valence-electron chi connectivity index (χ4n) is 0. The summed E-state index contributed by atoms with van der Waals surface area (Å²) >= 11 is 11.9. The molecule has 0 bridgehead atoms. The summed E-state index contributed by atoms with van der Waals surface area (Å²) in [7, 11) is 0. The van der Waals surface area contributed by atoms with Crippen molar-refractivity contribution in [2.75, 3.05) is 0 Å². The Bertz CT molecular complexity index is 218. The molecule has 0 spiro atoms. The molecule has 0 fully saturated rings. The molecule has 0 aliphatic heterocycles. The molecule has 0 unspecified atom stereocenters. The van der Waals surface area contributed by atoms with Gasteiger partial charge in [-0.15, -0.1) is 0 Å². The van der Waals surface area contributed by atoms with Crippen LogP contribution in [-0.2, 0) is 35.4 Å². The zero-order chi connectivity index (χ0) is 13.5. The van der Waals surface area contributed by atoms with Crippen LogP contribution in [-0.4, -0.2) is 23.1 Å². The van der Waals surface area contributed by atoms with Crippen LogP contribution in [0.5, 0.6) is 0 Å². The Balaban J connectivity index is -0.0000000400. The second-order valence-corrected chi connectivity index (χ2v) is 7.60. The van der Waals surface area contributed by atoms with Crippen LogP contribution in [0.2, 0.25) is 0 Å². The van der Waals surface area contributed by atoms with Crippen LogP contribution in [0.1, 0.15) is 0 Å². The summed E-state index contributed by atoms with van der Waals surface area (Å²) < 4.78 is 26.6. The van der Waals surface area contributed by atoms with Crippen LogP contribution >= 0.6 is 54.6 Å². The van der Waals surface area contributed by atoms with Crippen molar-refractivity contribution in [3.8, 4) is 0 Å². The molecule has 0 saturated carbocycles. The second kappa shape index (κ2) is 13.8. The van der Waals surface area contributed by atoms with Gasteiger partial charge in [0.2, 0.25) is 0 Å². The fraction of sp³-hybridized carbons (Fsp3) is 0. The van der Waals surface area contributed by atoms with Crippen LogP contribution in [0.15, 0.2) is 0 Å². The Kier molecular flexibility index (Phi) is 25.9. The van der Waals surface area contributed by atoms with Gasteiger partial charge in [0.1, 0.15) is 0 Å². The number of rotatable bonds is 0. The van der Waals surface area contributed by atoms with E-state index in [-0.39, 0.29) is 44.8 Å². The second-order valence-electron chi connectivity index (χ2n) is 1.29. The fourth-order valence-corrected chi connectivity index (χ4v) is 0. The molecule has 0 aromatic carbocycles. The van der Waals surface area contributed by atoms with Gasteiger partial charge in [0.25, 0.3) is 0 Å². The molecule has 17 heteroatoms. The van der Waals surface area contributed by atoms with Crippen LogP contribution in [0.3, 0.4) is 0 Å². The van der Waals surface area contributed by atoms with E-state index in [9.17, 15) is 0 Å².